The van der Waals surface area contributed by atoms with E-state index in [2.05, 4.69) is 29.8 Å². The van der Waals surface area contributed by atoms with Crippen LogP contribution in [0.25, 0.3) is 0 Å². The van der Waals surface area contributed by atoms with Crippen molar-refractivity contribution < 1.29 is 32.4 Å². The molecule has 1 unspecified atom stereocenters. The molecule has 0 spiro atoms. The first-order valence-corrected chi connectivity index (χ1v) is 19.7. The Kier molecular flexibility index (Phi) is 10.6. The third kappa shape index (κ3) is 7.98. The molecule has 15 heteroatoms. The van der Waals surface area contributed by atoms with Gasteiger partial charge in [0, 0.05) is 26.2 Å². The topological polar surface area (TPSA) is 188 Å². The predicted molar refractivity (Wildman–Crippen MR) is 185 cm³/mol. The second-order valence-electron chi connectivity index (χ2n) is 16.1. The number of sulfonamides is 1. The Morgan fingerprint density at radius 2 is 1.71 bits per heavy atom. The summed E-state index contributed by atoms with van der Waals surface area (Å²) in [5, 5.41) is 10.4. The number of nitrogens with one attached hydrogen (secondary N) is 3. The Labute approximate surface area is 293 Å². The third-order valence-corrected chi connectivity index (χ3v) is 14.5. The molecule has 6 atom stereocenters. The van der Waals surface area contributed by atoms with Crippen LogP contribution in [0.1, 0.15) is 79.6 Å². The molecule has 5 amide bonds. The Balaban J connectivity index is 1.33. The van der Waals surface area contributed by atoms with Crippen molar-refractivity contribution in [2.75, 3.05) is 20.1 Å². The maximum atomic E-state index is 14.5. The van der Waals surface area contributed by atoms with Crippen LogP contribution in [0.15, 0.2) is 21.7 Å². The van der Waals surface area contributed by atoms with Gasteiger partial charge in [-0.1, -0.05) is 66.4 Å². The van der Waals surface area contributed by atoms with Crippen molar-refractivity contribution in [2.24, 2.45) is 40.2 Å². The number of hydrogen-bond acceptors (Lipinski definition) is 8. The summed E-state index contributed by atoms with van der Waals surface area (Å²) in [6.45, 7) is 10.2. The highest BCUT2D eigenvalue weighted by Gasteiger charge is 2.69. The van der Waals surface area contributed by atoms with Crippen LogP contribution in [-0.4, -0.2) is 91.5 Å². The van der Waals surface area contributed by atoms with E-state index in [4.69, 9.17) is 5.73 Å². The Hall–Kier alpha value is -3.04. The van der Waals surface area contributed by atoms with Crippen molar-refractivity contribution in [3.8, 4) is 0 Å². The van der Waals surface area contributed by atoms with Crippen LogP contribution >= 0.6 is 11.3 Å². The minimum Gasteiger partial charge on any atom is -0.363 e. The number of nitrogens with zero attached hydrogens (tertiary/aromatic N) is 2. The molecule has 49 heavy (non-hydrogen) atoms. The zero-order chi connectivity index (χ0) is 36.1. The van der Waals surface area contributed by atoms with Crippen molar-refractivity contribution in [3.05, 3.63) is 17.5 Å². The number of Topliss-reactive ketones (excluding diaryl/α,β-unsaturated/α-hetero) is 1. The molecule has 0 aromatic carbocycles. The summed E-state index contributed by atoms with van der Waals surface area (Å²) < 4.78 is 27.8. The standard InChI is InChI=1S/C34H52N6O7S2/c1-33(2,3)23(18-39(6)49(46,47)24-12-9-15-48-24)37-32(45)38-26(20-10-7-8-11-20)31(44)40-17-21-25(34(21,4)5)27(40)30(43)36-22(16-19-13-14-19)28(41)29(35)42/h9,12,15,19-23,25-27H,7-8,10-11,13-14,16-18H2,1-6H3,(H2,35,42)(H,36,43)(H2,37,38,45)/t21-,22?,23+,25-,26-,27-/m0/s1. The van der Waals surface area contributed by atoms with E-state index in [0.717, 1.165) is 49.9 Å². The van der Waals surface area contributed by atoms with Crippen LogP contribution in [0.3, 0.4) is 0 Å². The van der Waals surface area contributed by atoms with Crippen molar-refractivity contribution in [1.29, 1.82) is 0 Å². The van der Waals surface area contributed by atoms with E-state index in [1.807, 2.05) is 20.8 Å². The number of carbonyl (C=O) groups excluding carboxylic acids is 5. The normalized spacial score (nSPS) is 25.3. The lowest BCUT2D eigenvalue weighted by molar-refractivity contribution is -0.144. The Morgan fingerprint density at radius 3 is 2.27 bits per heavy atom. The number of amides is 5. The van der Waals surface area contributed by atoms with Crippen molar-refractivity contribution >= 4 is 50.9 Å². The van der Waals surface area contributed by atoms with Gasteiger partial charge in [0.1, 0.15) is 16.3 Å². The second-order valence-corrected chi connectivity index (χ2v) is 19.4. The fourth-order valence-corrected chi connectivity index (χ4v) is 10.2. The lowest BCUT2D eigenvalue weighted by Gasteiger charge is -2.37. The summed E-state index contributed by atoms with van der Waals surface area (Å²) in [5.74, 6) is -2.74. The van der Waals surface area contributed by atoms with Gasteiger partial charge in [-0.2, -0.15) is 4.31 Å². The fourth-order valence-electron chi connectivity index (χ4n) is 7.81. The number of urea groups is 1. The van der Waals surface area contributed by atoms with Gasteiger partial charge >= 0.3 is 6.03 Å². The zero-order valence-corrected chi connectivity index (χ0v) is 31.0. The van der Waals surface area contributed by atoms with Gasteiger partial charge in [0.15, 0.2) is 0 Å². The molecule has 1 saturated heterocycles. The van der Waals surface area contributed by atoms with Crippen LogP contribution in [-0.2, 0) is 29.2 Å². The average molecular weight is 721 g/mol. The molecular formula is C34H52N6O7S2. The Morgan fingerprint density at radius 1 is 1.06 bits per heavy atom. The van der Waals surface area contributed by atoms with E-state index in [1.54, 1.807) is 22.4 Å². The van der Waals surface area contributed by atoms with Crippen LogP contribution in [0, 0.1) is 34.5 Å². The number of nitrogens with two attached hydrogens (primary N) is 1. The lowest BCUT2D eigenvalue weighted by atomic mass is 9.86. The molecule has 1 aliphatic heterocycles. The molecule has 13 nitrogen and oxygen atoms in total. The molecule has 0 bridgehead atoms. The number of carbonyl (C=O) groups is 5. The van der Waals surface area contributed by atoms with E-state index in [0.29, 0.717) is 13.0 Å². The van der Waals surface area contributed by atoms with Crippen LogP contribution in [0.5, 0.6) is 0 Å². The van der Waals surface area contributed by atoms with Crippen molar-refractivity contribution in [1.82, 2.24) is 25.2 Å². The maximum Gasteiger partial charge on any atom is 0.315 e. The fraction of sp³-hybridized carbons (Fsp3) is 0.735. The van der Waals surface area contributed by atoms with Crippen molar-refractivity contribution in [3.63, 3.8) is 0 Å². The molecule has 1 aromatic heterocycles. The summed E-state index contributed by atoms with van der Waals surface area (Å²) in [4.78, 5) is 68.2. The van der Waals surface area contributed by atoms with Gasteiger partial charge in [-0.05, 0) is 65.2 Å². The first-order valence-electron chi connectivity index (χ1n) is 17.4. The highest BCUT2D eigenvalue weighted by atomic mass is 32.2. The molecule has 2 heterocycles. The van der Waals surface area contributed by atoms with Gasteiger partial charge in [-0.25, -0.2) is 13.2 Å². The number of hydrogen-bond donors (Lipinski definition) is 4. The van der Waals surface area contributed by atoms with E-state index in [9.17, 15) is 32.4 Å². The number of rotatable bonds is 14. The second kappa shape index (κ2) is 13.9. The van der Waals surface area contributed by atoms with E-state index in [1.165, 1.54) is 11.4 Å². The average Bonchev–Trinajstić information content (AvgIpc) is 3.57. The SMILES string of the molecule is CN(C[C@@H](NC(=O)N[C@H](C(=O)N1C[C@H]2[C@@H]([C@H]1C(=O)NC(CC1CC1)C(=O)C(N)=O)C2(C)C)C1CCCC1)C(C)(C)C)S(=O)(=O)c1cccs1. The molecule has 3 aliphatic carbocycles. The first-order chi connectivity index (χ1) is 22.8. The van der Waals surface area contributed by atoms with Crippen LogP contribution in [0.4, 0.5) is 4.79 Å². The molecule has 3 saturated carbocycles. The van der Waals surface area contributed by atoms with E-state index >= 15 is 0 Å². The minimum atomic E-state index is -3.76. The molecular weight excluding hydrogens is 669 g/mol. The molecule has 4 fully saturated rings. The number of primary amides is 1. The van der Waals surface area contributed by atoms with Crippen LogP contribution in [0.2, 0.25) is 0 Å². The first kappa shape index (κ1) is 37.2. The van der Waals surface area contributed by atoms with Crippen LogP contribution < -0.4 is 21.7 Å². The smallest absolute Gasteiger partial charge is 0.315 e. The number of ketones is 1. The molecule has 1 aromatic rings. The third-order valence-electron chi connectivity index (χ3n) is 11.3. The van der Waals surface area contributed by atoms with Gasteiger partial charge in [0.05, 0.1) is 6.04 Å². The number of piperidine rings is 1. The molecule has 0 radical (unpaired) electrons. The van der Waals surface area contributed by atoms with Gasteiger partial charge in [-0.3, -0.25) is 19.2 Å². The van der Waals surface area contributed by atoms with Gasteiger partial charge < -0.3 is 26.6 Å². The summed E-state index contributed by atoms with van der Waals surface area (Å²) in [5.41, 5.74) is 4.59. The Bertz CT molecular complexity index is 1550. The van der Waals surface area contributed by atoms with Gasteiger partial charge in [0.2, 0.25) is 17.6 Å². The number of thiophene rings is 1. The quantitative estimate of drug-likeness (QED) is 0.213. The van der Waals surface area contributed by atoms with E-state index in [-0.39, 0.29) is 45.7 Å². The predicted octanol–water partition coefficient (Wildman–Crippen LogP) is 2.46. The number of likely N-dealkylation sites (N-methyl/N-ethyl adjacent to an activating group) is 1. The highest BCUT2D eigenvalue weighted by Crippen LogP contribution is 2.65. The van der Waals surface area contributed by atoms with Crippen molar-refractivity contribution in [2.45, 2.75) is 108 Å². The molecule has 5 N–H and O–H groups in total. The number of fused-ring (bicyclic) bond motifs is 1. The van der Waals surface area contributed by atoms with E-state index < -0.39 is 63.2 Å². The summed E-state index contributed by atoms with van der Waals surface area (Å²) in [7, 11) is -2.28. The lowest BCUT2D eigenvalue weighted by Crippen LogP contribution is -2.61. The summed E-state index contributed by atoms with van der Waals surface area (Å²) in [6.07, 6.45) is 5.45. The monoisotopic (exact) mass is 720 g/mol. The van der Waals surface area contributed by atoms with Gasteiger partial charge in [-0.15, -0.1) is 11.3 Å². The summed E-state index contributed by atoms with van der Waals surface area (Å²) in [6, 6.07) is -0.777. The zero-order valence-electron chi connectivity index (χ0n) is 29.4. The molecule has 272 valence electrons. The van der Waals surface area contributed by atoms with Gasteiger partial charge in [0.25, 0.3) is 15.9 Å². The molecule has 5 rings (SSSR count). The number of likely N-dealkylation sites (tertiary alicyclic amines) is 1. The minimum absolute atomic E-state index is 0.0120. The maximum absolute atomic E-state index is 14.5. The largest absolute Gasteiger partial charge is 0.363 e. The molecule has 4 aliphatic rings. The highest BCUT2D eigenvalue weighted by molar-refractivity contribution is 7.91. The summed E-state index contributed by atoms with van der Waals surface area (Å²) >= 11 is 1.12.